The van der Waals surface area contributed by atoms with Crippen LogP contribution in [0.3, 0.4) is 0 Å². The van der Waals surface area contributed by atoms with E-state index in [1.807, 2.05) is 24.3 Å². The summed E-state index contributed by atoms with van der Waals surface area (Å²) >= 11 is 5.96. The highest BCUT2D eigenvalue weighted by Gasteiger charge is 2.30. The standard InChI is InChI=1S/C20H25ClN4/c1-14-19(16-5-4-12-25(13-16)18-6-2-3-7-18)23-24-20(22-14)15-8-10-17(21)11-9-15/h8-11,16,18H,2-7,12-13H2,1H3. The van der Waals surface area contributed by atoms with Gasteiger partial charge in [-0.2, -0.15) is 5.10 Å². The molecule has 0 amide bonds. The molecule has 132 valence electrons. The van der Waals surface area contributed by atoms with Crippen molar-refractivity contribution in [2.24, 2.45) is 0 Å². The first-order valence-corrected chi connectivity index (χ1v) is 9.80. The van der Waals surface area contributed by atoms with Crippen molar-refractivity contribution >= 4 is 11.6 Å². The van der Waals surface area contributed by atoms with Gasteiger partial charge in [0, 0.05) is 29.1 Å². The minimum Gasteiger partial charge on any atom is -0.300 e. The van der Waals surface area contributed by atoms with Crippen molar-refractivity contribution < 1.29 is 0 Å². The summed E-state index contributed by atoms with van der Waals surface area (Å²) in [6.45, 7) is 4.42. The summed E-state index contributed by atoms with van der Waals surface area (Å²) in [5.41, 5.74) is 3.06. The number of piperidine rings is 1. The molecule has 1 unspecified atom stereocenters. The Morgan fingerprint density at radius 1 is 1.00 bits per heavy atom. The Morgan fingerprint density at radius 2 is 1.76 bits per heavy atom. The van der Waals surface area contributed by atoms with Crippen LogP contribution in [0.5, 0.6) is 0 Å². The van der Waals surface area contributed by atoms with Gasteiger partial charge in [-0.05, 0) is 63.4 Å². The molecule has 2 heterocycles. The first-order valence-electron chi connectivity index (χ1n) is 9.42. The molecule has 1 aromatic carbocycles. The maximum absolute atomic E-state index is 5.96. The lowest BCUT2D eigenvalue weighted by atomic mass is 9.92. The number of halogens is 1. The Labute approximate surface area is 154 Å². The molecule has 5 heteroatoms. The van der Waals surface area contributed by atoms with Gasteiger partial charge in [0.15, 0.2) is 5.82 Å². The van der Waals surface area contributed by atoms with Crippen molar-refractivity contribution in [2.45, 2.75) is 57.4 Å². The van der Waals surface area contributed by atoms with Crippen LogP contribution < -0.4 is 0 Å². The summed E-state index contributed by atoms with van der Waals surface area (Å²) in [4.78, 5) is 7.43. The summed E-state index contributed by atoms with van der Waals surface area (Å²) < 4.78 is 0. The average molecular weight is 357 g/mol. The van der Waals surface area contributed by atoms with E-state index in [2.05, 4.69) is 22.0 Å². The molecule has 1 saturated heterocycles. The Balaban J connectivity index is 1.53. The van der Waals surface area contributed by atoms with Crippen molar-refractivity contribution in [1.82, 2.24) is 20.1 Å². The number of rotatable bonds is 3. The minimum absolute atomic E-state index is 0.466. The quantitative estimate of drug-likeness (QED) is 0.804. The number of aryl methyl sites for hydroxylation is 1. The highest BCUT2D eigenvalue weighted by Crippen LogP contribution is 2.32. The molecule has 2 aromatic rings. The minimum atomic E-state index is 0.466. The zero-order chi connectivity index (χ0) is 17.2. The van der Waals surface area contributed by atoms with Crippen molar-refractivity contribution in [2.75, 3.05) is 13.1 Å². The van der Waals surface area contributed by atoms with Crippen LogP contribution in [0.2, 0.25) is 5.02 Å². The normalized spacial score (nSPS) is 22.4. The number of aromatic nitrogens is 3. The number of nitrogens with zero attached hydrogens (tertiary/aromatic N) is 4. The monoisotopic (exact) mass is 356 g/mol. The van der Waals surface area contributed by atoms with Crippen molar-refractivity contribution in [1.29, 1.82) is 0 Å². The Morgan fingerprint density at radius 3 is 2.48 bits per heavy atom. The van der Waals surface area contributed by atoms with Gasteiger partial charge in [-0.1, -0.05) is 24.4 Å². The van der Waals surface area contributed by atoms with Crippen LogP contribution >= 0.6 is 11.6 Å². The largest absolute Gasteiger partial charge is 0.300 e. The summed E-state index contributed by atoms with van der Waals surface area (Å²) in [7, 11) is 0. The van der Waals surface area contributed by atoms with E-state index in [1.165, 1.54) is 45.1 Å². The van der Waals surface area contributed by atoms with E-state index < -0.39 is 0 Å². The predicted octanol–water partition coefficient (Wildman–Crippen LogP) is 4.62. The van der Waals surface area contributed by atoms with E-state index in [9.17, 15) is 0 Å². The second-order valence-electron chi connectivity index (χ2n) is 7.39. The van der Waals surface area contributed by atoms with E-state index in [0.717, 1.165) is 34.6 Å². The van der Waals surface area contributed by atoms with Crippen LogP contribution in [0.4, 0.5) is 0 Å². The highest BCUT2D eigenvalue weighted by atomic mass is 35.5. The third kappa shape index (κ3) is 3.70. The van der Waals surface area contributed by atoms with Crippen LogP contribution in [0.15, 0.2) is 24.3 Å². The lowest BCUT2D eigenvalue weighted by Gasteiger charge is -2.36. The van der Waals surface area contributed by atoms with Gasteiger partial charge in [-0.25, -0.2) is 4.98 Å². The van der Waals surface area contributed by atoms with Gasteiger partial charge in [0.2, 0.25) is 0 Å². The SMILES string of the molecule is Cc1nc(-c2ccc(Cl)cc2)nnc1C1CCCN(C2CCCC2)C1. The second-order valence-corrected chi connectivity index (χ2v) is 7.82. The number of hydrogen-bond donors (Lipinski definition) is 0. The first kappa shape index (κ1) is 16.9. The molecule has 0 N–H and O–H groups in total. The van der Waals surface area contributed by atoms with Crippen molar-refractivity contribution in [3.05, 3.63) is 40.7 Å². The first-order chi connectivity index (χ1) is 12.2. The lowest BCUT2D eigenvalue weighted by Crippen LogP contribution is -2.41. The fourth-order valence-electron chi connectivity index (χ4n) is 4.34. The Kier molecular flexibility index (Phi) is 5.00. The molecule has 2 aliphatic rings. The number of benzene rings is 1. The summed E-state index contributed by atoms with van der Waals surface area (Å²) in [6.07, 6.45) is 7.96. The molecule has 1 atom stereocenters. The van der Waals surface area contributed by atoms with Crippen LogP contribution in [0.1, 0.15) is 55.8 Å². The van der Waals surface area contributed by atoms with E-state index in [-0.39, 0.29) is 0 Å². The fourth-order valence-corrected chi connectivity index (χ4v) is 4.47. The summed E-state index contributed by atoms with van der Waals surface area (Å²) in [6, 6.07) is 8.41. The van der Waals surface area contributed by atoms with Gasteiger partial charge in [0.05, 0.1) is 11.4 Å². The molecule has 0 spiro atoms. The molecule has 1 saturated carbocycles. The highest BCUT2D eigenvalue weighted by molar-refractivity contribution is 6.30. The second kappa shape index (κ2) is 7.38. The van der Waals surface area contributed by atoms with Crippen molar-refractivity contribution in [3.63, 3.8) is 0 Å². The van der Waals surface area contributed by atoms with Gasteiger partial charge in [0.25, 0.3) is 0 Å². The number of hydrogen-bond acceptors (Lipinski definition) is 4. The average Bonchev–Trinajstić information content (AvgIpc) is 3.17. The van der Waals surface area contributed by atoms with Crippen LogP contribution in [-0.4, -0.2) is 39.2 Å². The maximum atomic E-state index is 5.96. The topological polar surface area (TPSA) is 41.9 Å². The lowest BCUT2D eigenvalue weighted by molar-refractivity contribution is 0.148. The molecule has 0 bridgehead atoms. The van der Waals surface area contributed by atoms with E-state index in [0.29, 0.717) is 11.7 Å². The van der Waals surface area contributed by atoms with E-state index in [4.69, 9.17) is 16.6 Å². The molecule has 25 heavy (non-hydrogen) atoms. The molecule has 4 nitrogen and oxygen atoms in total. The van der Waals surface area contributed by atoms with Crippen LogP contribution in [0.25, 0.3) is 11.4 Å². The Bertz CT molecular complexity index is 725. The molecule has 1 aromatic heterocycles. The molecule has 0 radical (unpaired) electrons. The zero-order valence-corrected chi connectivity index (χ0v) is 15.5. The fraction of sp³-hybridized carbons (Fsp3) is 0.550. The molecule has 1 aliphatic carbocycles. The van der Waals surface area contributed by atoms with Crippen LogP contribution in [0, 0.1) is 6.92 Å². The molecular formula is C20H25ClN4. The maximum Gasteiger partial charge on any atom is 0.181 e. The van der Waals surface area contributed by atoms with Gasteiger partial charge in [-0.15, -0.1) is 5.10 Å². The van der Waals surface area contributed by atoms with Crippen LogP contribution in [-0.2, 0) is 0 Å². The van der Waals surface area contributed by atoms with E-state index in [1.54, 1.807) is 0 Å². The van der Waals surface area contributed by atoms with E-state index >= 15 is 0 Å². The summed E-state index contributed by atoms with van der Waals surface area (Å²) in [5, 5.41) is 9.73. The van der Waals surface area contributed by atoms with Crippen molar-refractivity contribution in [3.8, 4) is 11.4 Å². The van der Waals surface area contributed by atoms with Gasteiger partial charge >= 0.3 is 0 Å². The Hall–Kier alpha value is -1.52. The molecular weight excluding hydrogens is 332 g/mol. The predicted molar refractivity (Wildman–Crippen MR) is 101 cm³/mol. The third-order valence-electron chi connectivity index (χ3n) is 5.68. The molecule has 2 fully saturated rings. The van der Waals surface area contributed by atoms with Gasteiger partial charge < -0.3 is 0 Å². The third-order valence-corrected chi connectivity index (χ3v) is 5.93. The zero-order valence-electron chi connectivity index (χ0n) is 14.8. The molecule has 1 aliphatic heterocycles. The summed E-state index contributed by atoms with van der Waals surface area (Å²) in [5.74, 6) is 1.15. The number of likely N-dealkylation sites (tertiary alicyclic amines) is 1. The van der Waals surface area contributed by atoms with Gasteiger partial charge in [-0.3, -0.25) is 4.90 Å². The smallest absolute Gasteiger partial charge is 0.181 e. The molecule has 4 rings (SSSR count). The van der Waals surface area contributed by atoms with Gasteiger partial charge in [0.1, 0.15) is 0 Å².